The van der Waals surface area contributed by atoms with Gasteiger partial charge in [-0.2, -0.15) is 0 Å². The van der Waals surface area contributed by atoms with E-state index in [-0.39, 0.29) is 0 Å². The Morgan fingerprint density at radius 1 is 1.70 bits per heavy atom. The molecule has 0 unspecified atom stereocenters. The normalized spacial score (nSPS) is 7.50. The summed E-state index contributed by atoms with van der Waals surface area (Å²) in [5.74, 6) is 0.356. The largest absolute Gasteiger partial charge is 0.366 e. The van der Waals surface area contributed by atoms with Gasteiger partial charge in [0.1, 0.15) is 0 Å². The van der Waals surface area contributed by atoms with Gasteiger partial charge in [0.05, 0.1) is 0 Å². The van der Waals surface area contributed by atoms with Gasteiger partial charge in [-0.1, -0.05) is 13.5 Å². The Labute approximate surface area is 67.0 Å². The van der Waals surface area contributed by atoms with Crippen LogP contribution in [0.2, 0.25) is 0 Å². The van der Waals surface area contributed by atoms with Crippen LogP contribution in [0.4, 0.5) is 0 Å². The first kappa shape index (κ1) is 12.2. The molecule has 1 amide bonds. The highest BCUT2D eigenvalue weighted by Gasteiger charge is 1.86. The summed E-state index contributed by atoms with van der Waals surface area (Å²) in [6.07, 6.45) is 1.08. The molecule has 10 heavy (non-hydrogen) atoms. The lowest BCUT2D eigenvalue weighted by atomic mass is 10.3. The van der Waals surface area contributed by atoms with Gasteiger partial charge in [0.25, 0.3) is 0 Å². The molecule has 2 nitrogen and oxygen atoms in total. The Bertz CT molecular complexity index is 98.2. The molecule has 0 bridgehead atoms. The highest BCUT2D eigenvalue weighted by Crippen LogP contribution is 1.78. The van der Waals surface area contributed by atoms with Crippen molar-refractivity contribution in [3.63, 3.8) is 0 Å². The zero-order valence-electron chi connectivity index (χ0n) is 6.48. The minimum Gasteiger partial charge on any atom is -0.366 e. The van der Waals surface area contributed by atoms with Crippen molar-refractivity contribution in [1.82, 2.24) is 0 Å². The minimum atomic E-state index is -0.435. The molecule has 0 rings (SSSR count). The van der Waals surface area contributed by atoms with E-state index in [2.05, 4.69) is 6.58 Å². The summed E-state index contributed by atoms with van der Waals surface area (Å²) in [5, 5.41) is 0. The first-order chi connectivity index (χ1) is 4.56. The molecule has 0 aromatic rings. The molecule has 60 valence electrons. The van der Waals surface area contributed by atoms with Gasteiger partial charge in [0.2, 0.25) is 5.91 Å². The van der Waals surface area contributed by atoms with E-state index in [1.807, 2.05) is 6.92 Å². The fourth-order valence-electron chi connectivity index (χ4n) is 0. The van der Waals surface area contributed by atoms with Crippen molar-refractivity contribution in [2.75, 3.05) is 5.88 Å². The molecule has 0 saturated carbocycles. The molecule has 0 aliphatic carbocycles. The molecule has 0 saturated heterocycles. The number of nitrogens with two attached hydrogens (primary N) is 1. The molecule has 0 spiro atoms. The second-order valence-electron chi connectivity index (χ2n) is 1.83. The highest BCUT2D eigenvalue weighted by molar-refractivity contribution is 6.17. The monoisotopic (exact) mass is 163 g/mol. The number of halogens is 1. The standard InChI is InChI=1S/C4H7NO.C3H7Cl/c1-3(2)4(5)6;1-2-3-4/h1H2,2H3,(H2,5,6);2-3H2,1H3. The lowest BCUT2D eigenvalue weighted by molar-refractivity contribution is -0.114. The van der Waals surface area contributed by atoms with Crippen molar-refractivity contribution in [3.8, 4) is 0 Å². The third-order valence-corrected chi connectivity index (χ3v) is 0.988. The predicted octanol–water partition coefficient (Wildman–Crippen LogP) is 1.68. The van der Waals surface area contributed by atoms with Gasteiger partial charge in [0.15, 0.2) is 0 Å². The molecular formula is C7H14ClNO. The third kappa shape index (κ3) is 15.6. The van der Waals surface area contributed by atoms with E-state index in [1.165, 1.54) is 0 Å². The second kappa shape index (κ2) is 8.50. The van der Waals surface area contributed by atoms with Crippen LogP contribution < -0.4 is 5.73 Å². The maximum absolute atomic E-state index is 9.82. The number of carbonyl (C=O) groups excluding carboxylic acids is 1. The summed E-state index contributed by atoms with van der Waals surface area (Å²) >= 11 is 5.19. The number of amides is 1. The van der Waals surface area contributed by atoms with E-state index in [9.17, 15) is 4.79 Å². The fourth-order valence-corrected chi connectivity index (χ4v) is 0. The summed E-state index contributed by atoms with van der Waals surface area (Å²) in [6, 6.07) is 0. The van der Waals surface area contributed by atoms with Crippen LogP contribution in [0.1, 0.15) is 20.3 Å². The maximum atomic E-state index is 9.82. The molecule has 0 atom stereocenters. The van der Waals surface area contributed by atoms with Crippen molar-refractivity contribution < 1.29 is 4.79 Å². The molecule has 0 aliphatic rings. The van der Waals surface area contributed by atoms with E-state index in [0.717, 1.165) is 12.3 Å². The van der Waals surface area contributed by atoms with E-state index in [1.54, 1.807) is 6.92 Å². The Balaban J connectivity index is 0. The molecule has 0 aromatic heterocycles. The average molecular weight is 164 g/mol. The molecule has 3 heteroatoms. The third-order valence-electron chi connectivity index (χ3n) is 0.610. The van der Waals surface area contributed by atoms with Crippen LogP contribution in [0.5, 0.6) is 0 Å². The molecule has 2 N–H and O–H groups in total. The zero-order chi connectivity index (χ0) is 8.57. The van der Waals surface area contributed by atoms with Crippen LogP contribution in [-0.2, 0) is 4.79 Å². The van der Waals surface area contributed by atoms with Gasteiger partial charge >= 0.3 is 0 Å². The minimum absolute atomic E-state index is 0.398. The molecule has 0 fully saturated rings. The molecule has 0 heterocycles. The van der Waals surface area contributed by atoms with Crippen molar-refractivity contribution in [1.29, 1.82) is 0 Å². The molecular weight excluding hydrogens is 150 g/mol. The SMILES string of the molecule is C=C(C)C(N)=O.CCCCl. The van der Waals surface area contributed by atoms with Crippen molar-refractivity contribution in [2.45, 2.75) is 20.3 Å². The van der Waals surface area contributed by atoms with Crippen LogP contribution in [0.25, 0.3) is 0 Å². The molecule has 0 radical (unpaired) electrons. The summed E-state index contributed by atoms with van der Waals surface area (Å²) in [6.45, 7) is 6.90. The number of hydrogen-bond acceptors (Lipinski definition) is 1. The van der Waals surface area contributed by atoms with Gasteiger partial charge in [0, 0.05) is 11.5 Å². The Hall–Kier alpha value is -0.500. The van der Waals surface area contributed by atoms with E-state index < -0.39 is 5.91 Å². The van der Waals surface area contributed by atoms with Crippen LogP contribution in [-0.4, -0.2) is 11.8 Å². The zero-order valence-corrected chi connectivity index (χ0v) is 7.24. The Morgan fingerprint density at radius 3 is 1.90 bits per heavy atom. The predicted molar refractivity (Wildman–Crippen MR) is 45.0 cm³/mol. The van der Waals surface area contributed by atoms with Gasteiger partial charge in [-0.3, -0.25) is 4.79 Å². The van der Waals surface area contributed by atoms with Gasteiger partial charge < -0.3 is 5.73 Å². The number of rotatable bonds is 2. The van der Waals surface area contributed by atoms with Gasteiger partial charge in [-0.05, 0) is 13.3 Å². The van der Waals surface area contributed by atoms with E-state index >= 15 is 0 Å². The quantitative estimate of drug-likeness (QED) is 0.489. The van der Waals surface area contributed by atoms with E-state index in [4.69, 9.17) is 17.3 Å². The first-order valence-corrected chi connectivity index (χ1v) is 3.61. The number of alkyl halides is 1. The fraction of sp³-hybridized carbons (Fsp3) is 0.571. The highest BCUT2D eigenvalue weighted by atomic mass is 35.5. The summed E-state index contributed by atoms with van der Waals surface area (Å²) in [5.41, 5.74) is 5.09. The number of hydrogen-bond donors (Lipinski definition) is 1. The number of primary amides is 1. The Kier molecular flexibility index (Phi) is 10.4. The number of carbonyl (C=O) groups is 1. The van der Waals surface area contributed by atoms with E-state index in [0.29, 0.717) is 5.57 Å². The van der Waals surface area contributed by atoms with Gasteiger partial charge in [-0.25, -0.2) is 0 Å². The molecule has 0 aliphatic heterocycles. The molecule has 0 aromatic carbocycles. The average Bonchev–Trinajstić information content (AvgIpc) is 1.89. The maximum Gasteiger partial charge on any atom is 0.243 e. The summed E-state index contributed by atoms with van der Waals surface area (Å²) in [4.78, 5) is 9.82. The van der Waals surface area contributed by atoms with Gasteiger partial charge in [-0.15, -0.1) is 11.6 Å². The van der Waals surface area contributed by atoms with Crippen molar-refractivity contribution in [3.05, 3.63) is 12.2 Å². The van der Waals surface area contributed by atoms with Crippen LogP contribution in [0, 0.1) is 0 Å². The van der Waals surface area contributed by atoms with Crippen LogP contribution in [0.3, 0.4) is 0 Å². The van der Waals surface area contributed by atoms with Crippen molar-refractivity contribution >= 4 is 17.5 Å². The second-order valence-corrected chi connectivity index (χ2v) is 2.21. The van der Waals surface area contributed by atoms with Crippen LogP contribution in [0.15, 0.2) is 12.2 Å². The van der Waals surface area contributed by atoms with Crippen LogP contribution >= 0.6 is 11.6 Å². The summed E-state index contributed by atoms with van der Waals surface area (Å²) < 4.78 is 0. The lowest BCUT2D eigenvalue weighted by Crippen LogP contribution is -2.10. The Morgan fingerprint density at radius 2 is 1.90 bits per heavy atom. The lowest BCUT2D eigenvalue weighted by Gasteiger charge is -1.81. The van der Waals surface area contributed by atoms with Crippen molar-refractivity contribution in [2.24, 2.45) is 5.73 Å². The smallest absolute Gasteiger partial charge is 0.243 e. The topological polar surface area (TPSA) is 43.1 Å². The summed E-state index contributed by atoms with van der Waals surface area (Å²) in [7, 11) is 0. The first-order valence-electron chi connectivity index (χ1n) is 3.07.